The van der Waals surface area contributed by atoms with Gasteiger partial charge in [0.25, 0.3) is 0 Å². The van der Waals surface area contributed by atoms with E-state index in [-0.39, 0.29) is 12.1 Å². The first-order valence-electron chi connectivity index (χ1n) is 15.7. The third kappa shape index (κ3) is 11.3. The topological polar surface area (TPSA) is 35.5 Å². The van der Waals surface area contributed by atoms with E-state index < -0.39 is 0 Å². The number of carbonyl (C=O) groups excluding carboxylic acids is 1. The molecule has 0 saturated carbocycles. The van der Waals surface area contributed by atoms with Gasteiger partial charge in [0.05, 0.1) is 11.7 Å². The van der Waals surface area contributed by atoms with Crippen LogP contribution in [-0.2, 0) is 11.2 Å². The van der Waals surface area contributed by atoms with Crippen molar-refractivity contribution in [3.63, 3.8) is 0 Å². The van der Waals surface area contributed by atoms with Gasteiger partial charge in [0, 0.05) is 6.61 Å². The molecule has 0 aliphatic carbocycles. The molecule has 1 unspecified atom stereocenters. The summed E-state index contributed by atoms with van der Waals surface area (Å²) in [5.41, 5.74) is 5.20. The molecule has 3 aromatic carbocycles. The average Bonchev–Trinajstić information content (AvgIpc) is 2.99. The summed E-state index contributed by atoms with van der Waals surface area (Å²) in [4.78, 5) is 12.6. The Hall–Kier alpha value is -2.91. The van der Waals surface area contributed by atoms with Crippen molar-refractivity contribution < 1.29 is 14.3 Å². The molecule has 0 amide bonds. The van der Waals surface area contributed by atoms with Gasteiger partial charge < -0.3 is 9.47 Å². The molecule has 0 fully saturated rings. The van der Waals surface area contributed by atoms with Crippen LogP contribution in [0.25, 0.3) is 11.1 Å². The fourth-order valence-corrected chi connectivity index (χ4v) is 4.96. The fourth-order valence-electron chi connectivity index (χ4n) is 4.96. The Labute approximate surface area is 243 Å². The van der Waals surface area contributed by atoms with E-state index in [1.165, 1.54) is 81.8 Å². The summed E-state index contributed by atoms with van der Waals surface area (Å²) >= 11 is 0. The van der Waals surface area contributed by atoms with Crippen LogP contribution in [0.3, 0.4) is 0 Å². The van der Waals surface area contributed by atoms with Crippen LogP contribution in [-0.4, -0.2) is 12.6 Å². The highest BCUT2D eigenvalue weighted by atomic mass is 16.5. The zero-order valence-electron chi connectivity index (χ0n) is 25.1. The number of ether oxygens (including phenoxy) is 2. The van der Waals surface area contributed by atoms with E-state index in [1.54, 1.807) is 0 Å². The first-order chi connectivity index (χ1) is 19.6. The number of unbranched alkanes of at least 4 members (excludes halogenated alkanes) is 10. The minimum absolute atomic E-state index is 0.0884. The Kier molecular flexibility index (Phi) is 14.6. The molecular weight excluding hydrogens is 492 g/mol. The predicted octanol–water partition coefficient (Wildman–Crippen LogP) is 10.9. The van der Waals surface area contributed by atoms with Crippen LogP contribution in [0.5, 0.6) is 5.75 Å². The maximum atomic E-state index is 12.6. The molecule has 0 bridgehead atoms. The number of hydrogen-bond donors (Lipinski definition) is 0. The summed E-state index contributed by atoms with van der Waals surface area (Å²) in [7, 11) is 0. The maximum absolute atomic E-state index is 12.6. The van der Waals surface area contributed by atoms with Crippen LogP contribution in [0.15, 0.2) is 72.8 Å². The lowest BCUT2D eigenvalue weighted by molar-refractivity contribution is 0.0627. The summed E-state index contributed by atoms with van der Waals surface area (Å²) in [5, 5.41) is 0. The normalized spacial score (nSPS) is 11.9. The van der Waals surface area contributed by atoms with Crippen molar-refractivity contribution >= 4 is 5.97 Å². The molecule has 0 aliphatic rings. The van der Waals surface area contributed by atoms with Crippen LogP contribution >= 0.6 is 0 Å². The van der Waals surface area contributed by atoms with Crippen molar-refractivity contribution in [2.24, 2.45) is 0 Å². The number of carbonyl (C=O) groups is 1. The molecule has 0 radical (unpaired) electrons. The van der Waals surface area contributed by atoms with Crippen LogP contribution in [0.1, 0.15) is 125 Å². The molecule has 3 nitrogen and oxygen atoms in total. The van der Waals surface area contributed by atoms with Crippen molar-refractivity contribution in [2.75, 3.05) is 6.61 Å². The lowest BCUT2D eigenvalue weighted by Gasteiger charge is -2.14. The van der Waals surface area contributed by atoms with Gasteiger partial charge in [0.15, 0.2) is 0 Å². The summed E-state index contributed by atoms with van der Waals surface area (Å²) < 4.78 is 11.7. The highest BCUT2D eigenvalue weighted by molar-refractivity contribution is 5.91. The molecule has 0 aromatic heterocycles. The van der Waals surface area contributed by atoms with Crippen LogP contribution in [0.4, 0.5) is 0 Å². The van der Waals surface area contributed by atoms with Gasteiger partial charge in [-0.2, -0.15) is 0 Å². The molecule has 3 rings (SSSR count). The average molecular weight is 543 g/mol. The molecular formula is C37H50O3. The van der Waals surface area contributed by atoms with Crippen molar-refractivity contribution in [2.45, 2.75) is 110 Å². The van der Waals surface area contributed by atoms with E-state index in [0.29, 0.717) is 11.3 Å². The second-order valence-corrected chi connectivity index (χ2v) is 11.0. The molecule has 216 valence electrons. The van der Waals surface area contributed by atoms with Crippen molar-refractivity contribution in [1.29, 1.82) is 0 Å². The van der Waals surface area contributed by atoms with Gasteiger partial charge >= 0.3 is 5.97 Å². The van der Waals surface area contributed by atoms with Crippen molar-refractivity contribution in [3.05, 3.63) is 89.5 Å². The van der Waals surface area contributed by atoms with E-state index >= 15 is 0 Å². The minimum Gasteiger partial charge on any atom is -0.423 e. The largest absolute Gasteiger partial charge is 0.423 e. The maximum Gasteiger partial charge on any atom is 0.343 e. The lowest BCUT2D eigenvalue weighted by atomic mass is 10.0. The van der Waals surface area contributed by atoms with Crippen LogP contribution in [0.2, 0.25) is 0 Å². The fraction of sp³-hybridized carbons (Fsp3) is 0.486. The van der Waals surface area contributed by atoms with E-state index in [1.807, 2.05) is 48.5 Å². The van der Waals surface area contributed by atoms with E-state index in [0.717, 1.165) is 30.6 Å². The monoisotopic (exact) mass is 542 g/mol. The highest BCUT2D eigenvalue weighted by Gasteiger charge is 2.10. The van der Waals surface area contributed by atoms with Crippen molar-refractivity contribution in [3.8, 4) is 16.9 Å². The first-order valence-corrected chi connectivity index (χ1v) is 15.7. The molecule has 3 aromatic rings. The standard InChI is InChI=1S/C37H50O3/c1-4-6-8-9-10-11-12-13-14-15-29-39-30(3)32-19-21-33(22-20-32)34-23-25-35(26-24-34)37(38)40-36-27-17-31(18-28-36)16-7-5-2/h17-28,30H,4-16,29H2,1-3H3. The highest BCUT2D eigenvalue weighted by Crippen LogP contribution is 2.25. The van der Waals surface area contributed by atoms with Gasteiger partial charge in [-0.25, -0.2) is 4.79 Å². The molecule has 0 spiro atoms. The molecule has 40 heavy (non-hydrogen) atoms. The minimum atomic E-state index is -0.336. The van der Waals surface area contributed by atoms with Crippen LogP contribution in [0, 0.1) is 0 Å². The zero-order chi connectivity index (χ0) is 28.4. The smallest absolute Gasteiger partial charge is 0.343 e. The first kappa shape index (κ1) is 31.6. The number of aryl methyl sites for hydroxylation is 1. The molecule has 0 heterocycles. The van der Waals surface area contributed by atoms with E-state index in [4.69, 9.17) is 9.47 Å². The Bertz CT molecular complexity index is 1080. The molecule has 1 atom stereocenters. The second kappa shape index (κ2) is 18.4. The molecule has 0 N–H and O–H groups in total. The summed E-state index contributed by atoms with van der Waals surface area (Å²) in [6.07, 6.45) is 16.9. The van der Waals surface area contributed by atoms with E-state index in [2.05, 4.69) is 45.0 Å². The zero-order valence-corrected chi connectivity index (χ0v) is 25.1. The number of rotatable bonds is 19. The van der Waals surface area contributed by atoms with Gasteiger partial charge in [-0.15, -0.1) is 0 Å². The number of hydrogen-bond acceptors (Lipinski definition) is 3. The number of esters is 1. The van der Waals surface area contributed by atoms with Gasteiger partial charge in [-0.05, 0) is 72.7 Å². The Balaban J connectivity index is 1.37. The predicted molar refractivity (Wildman–Crippen MR) is 168 cm³/mol. The SMILES string of the molecule is CCCCCCCCCCCCOC(C)c1ccc(-c2ccc(C(=O)Oc3ccc(CCCC)cc3)cc2)cc1. The Morgan fingerprint density at radius 1 is 0.625 bits per heavy atom. The van der Waals surface area contributed by atoms with E-state index in [9.17, 15) is 4.79 Å². The van der Waals surface area contributed by atoms with Gasteiger partial charge in [-0.1, -0.05) is 127 Å². The summed E-state index contributed by atoms with van der Waals surface area (Å²) in [6.45, 7) is 7.41. The Morgan fingerprint density at radius 3 is 1.73 bits per heavy atom. The molecule has 0 aliphatic heterocycles. The second-order valence-electron chi connectivity index (χ2n) is 11.0. The van der Waals surface area contributed by atoms with Gasteiger partial charge in [0.2, 0.25) is 0 Å². The van der Waals surface area contributed by atoms with Crippen LogP contribution < -0.4 is 4.74 Å². The third-order valence-corrected chi connectivity index (χ3v) is 7.65. The lowest BCUT2D eigenvalue weighted by Crippen LogP contribution is -2.08. The number of benzene rings is 3. The molecule has 3 heteroatoms. The molecule has 0 saturated heterocycles. The Morgan fingerprint density at radius 2 is 1.15 bits per heavy atom. The summed E-state index contributed by atoms with van der Waals surface area (Å²) in [6, 6.07) is 24.0. The van der Waals surface area contributed by atoms with Gasteiger partial charge in [-0.3, -0.25) is 0 Å². The summed E-state index contributed by atoms with van der Waals surface area (Å²) in [5.74, 6) is 0.242. The van der Waals surface area contributed by atoms with Gasteiger partial charge in [0.1, 0.15) is 5.75 Å². The van der Waals surface area contributed by atoms with Crippen molar-refractivity contribution in [1.82, 2.24) is 0 Å². The third-order valence-electron chi connectivity index (χ3n) is 7.65. The quantitative estimate of drug-likeness (QED) is 0.0858.